The molecule has 4 heteroatoms. The third-order valence-electron chi connectivity index (χ3n) is 11.8. The molecule has 4 nitrogen and oxygen atoms in total. The maximum atomic E-state index is 6.49. The normalized spacial score (nSPS) is 11.7. The summed E-state index contributed by atoms with van der Waals surface area (Å²) in [6, 6.07) is 77.6. The van der Waals surface area contributed by atoms with Gasteiger partial charge in [-0.3, -0.25) is 0 Å². The average molecular weight is 769 g/mol. The molecule has 0 saturated carbocycles. The summed E-state index contributed by atoms with van der Waals surface area (Å²) in [6.07, 6.45) is 0. The largest absolute Gasteiger partial charge is 0.456 e. The minimum atomic E-state index is 0.846. The SMILES string of the molecule is c1ccc(-c2cccc(N(c3ccccc3)c3cccc(N(c4ccc5ccc6cc7oc8ccccc8c7cc6c5c4)c4cccc5oc6ccccc6c45)c3)c2)cc1. The van der Waals surface area contributed by atoms with Crippen molar-refractivity contribution in [3.05, 3.63) is 218 Å². The highest BCUT2D eigenvalue weighted by Crippen LogP contribution is 2.46. The summed E-state index contributed by atoms with van der Waals surface area (Å²) in [5, 5.41) is 9.05. The van der Waals surface area contributed by atoms with Crippen molar-refractivity contribution in [2.24, 2.45) is 0 Å². The van der Waals surface area contributed by atoms with Crippen LogP contribution < -0.4 is 9.80 Å². The van der Waals surface area contributed by atoms with Gasteiger partial charge in [-0.2, -0.15) is 0 Å². The van der Waals surface area contributed by atoms with Crippen LogP contribution in [0.1, 0.15) is 0 Å². The molecule has 2 aromatic heterocycles. The van der Waals surface area contributed by atoms with Crippen molar-refractivity contribution in [3.63, 3.8) is 0 Å². The maximum absolute atomic E-state index is 6.49. The van der Waals surface area contributed by atoms with Gasteiger partial charge in [-0.05, 0) is 124 Å². The lowest BCUT2D eigenvalue weighted by molar-refractivity contribution is 0.669. The van der Waals surface area contributed by atoms with Crippen molar-refractivity contribution in [1.29, 1.82) is 0 Å². The molecule has 0 radical (unpaired) electrons. The third kappa shape index (κ3) is 5.61. The van der Waals surface area contributed by atoms with Crippen LogP contribution in [-0.4, -0.2) is 0 Å². The van der Waals surface area contributed by atoms with Crippen molar-refractivity contribution >= 4 is 99.5 Å². The summed E-state index contributed by atoms with van der Waals surface area (Å²) in [7, 11) is 0. The Morgan fingerprint density at radius 3 is 1.65 bits per heavy atom. The fourth-order valence-corrected chi connectivity index (χ4v) is 9.02. The highest BCUT2D eigenvalue weighted by molar-refractivity contribution is 6.18. The Morgan fingerprint density at radius 1 is 0.267 bits per heavy atom. The molecule has 0 aliphatic rings. The topological polar surface area (TPSA) is 32.8 Å². The Hall–Kier alpha value is -8.08. The molecule has 0 saturated heterocycles. The number of rotatable bonds is 7. The van der Waals surface area contributed by atoms with Gasteiger partial charge in [-0.15, -0.1) is 0 Å². The fourth-order valence-electron chi connectivity index (χ4n) is 9.02. The van der Waals surface area contributed by atoms with Gasteiger partial charge in [0.2, 0.25) is 0 Å². The van der Waals surface area contributed by atoms with E-state index in [0.29, 0.717) is 0 Å². The van der Waals surface area contributed by atoms with E-state index in [-0.39, 0.29) is 0 Å². The van der Waals surface area contributed by atoms with E-state index >= 15 is 0 Å². The molecule has 0 N–H and O–H groups in total. The maximum Gasteiger partial charge on any atom is 0.137 e. The predicted molar refractivity (Wildman–Crippen MR) is 251 cm³/mol. The summed E-state index contributed by atoms with van der Waals surface area (Å²) in [4.78, 5) is 4.73. The Balaban J connectivity index is 1.09. The summed E-state index contributed by atoms with van der Waals surface area (Å²) >= 11 is 0. The average Bonchev–Trinajstić information content (AvgIpc) is 3.88. The minimum absolute atomic E-state index is 0.846. The summed E-state index contributed by atoms with van der Waals surface area (Å²) in [5.41, 5.74) is 12.1. The van der Waals surface area contributed by atoms with E-state index in [9.17, 15) is 0 Å². The highest BCUT2D eigenvalue weighted by Gasteiger charge is 2.22. The van der Waals surface area contributed by atoms with Crippen LogP contribution in [0.2, 0.25) is 0 Å². The van der Waals surface area contributed by atoms with Crippen molar-refractivity contribution in [2.75, 3.05) is 9.80 Å². The molecule has 282 valence electrons. The first kappa shape index (κ1) is 34.0. The number of benzene rings is 10. The number of hydrogen-bond donors (Lipinski definition) is 0. The lowest BCUT2D eigenvalue weighted by atomic mass is 9.98. The number of anilines is 6. The van der Waals surface area contributed by atoms with E-state index in [4.69, 9.17) is 8.83 Å². The zero-order chi connectivity index (χ0) is 39.6. The lowest BCUT2D eigenvalue weighted by Gasteiger charge is -2.30. The van der Waals surface area contributed by atoms with Gasteiger partial charge < -0.3 is 18.6 Å². The van der Waals surface area contributed by atoms with Crippen LogP contribution in [-0.2, 0) is 0 Å². The van der Waals surface area contributed by atoms with E-state index in [1.807, 2.05) is 24.3 Å². The molecule has 12 rings (SSSR count). The van der Waals surface area contributed by atoms with Gasteiger partial charge in [0, 0.05) is 44.6 Å². The molecule has 0 aliphatic carbocycles. The minimum Gasteiger partial charge on any atom is -0.456 e. The molecule has 0 spiro atoms. The second-order valence-electron chi connectivity index (χ2n) is 15.3. The standard InChI is InChI=1S/C56H36N2O2/c1-3-14-37(15-4-1)39-16-11-19-42(32-39)57(41-17-5-2-6-18-41)43-20-12-21-44(34-43)58(51-24-13-27-54-56(51)47-23-8-10-26-53(47)59-54)45-31-30-38-28-29-40-33-55-50(36-49(40)48(38)35-45)46-22-7-9-25-52(46)60-55/h1-36H. The van der Waals surface area contributed by atoms with Gasteiger partial charge >= 0.3 is 0 Å². The Kier molecular flexibility index (Phi) is 7.82. The zero-order valence-electron chi connectivity index (χ0n) is 32.5. The van der Waals surface area contributed by atoms with Crippen LogP contribution >= 0.6 is 0 Å². The molecule has 10 aromatic carbocycles. The van der Waals surface area contributed by atoms with Gasteiger partial charge in [-0.1, -0.05) is 127 Å². The second-order valence-corrected chi connectivity index (χ2v) is 15.3. The van der Waals surface area contributed by atoms with Gasteiger partial charge in [0.15, 0.2) is 0 Å². The summed E-state index contributed by atoms with van der Waals surface area (Å²) in [5.74, 6) is 0. The summed E-state index contributed by atoms with van der Waals surface area (Å²) < 4.78 is 12.8. The molecule has 0 amide bonds. The first-order chi connectivity index (χ1) is 29.7. The van der Waals surface area contributed by atoms with Crippen LogP contribution in [0.25, 0.3) is 76.5 Å². The molecule has 2 heterocycles. The van der Waals surface area contributed by atoms with Gasteiger partial charge in [0.1, 0.15) is 22.3 Å². The van der Waals surface area contributed by atoms with E-state index in [1.165, 1.54) is 21.7 Å². The van der Waals surface area contributed by atoms with Crippen molar-refractivity contribution in [2.45, 2.75) is 0 Å². The van der Waals surface area contributed by atoms with Crippen LogP contribution in [0.3, 0.4) is 0 Å². The first-order valence-electron chi connectivity index (χ1n) is 20.3. The monoisotopic (exact) mass is 768 g/mol. The molecule has 0 bridgehead atoms. The van der Waals surface area contributed by atoms with Crippen molar-refractivity contribution in [1.82, 2.24) is 0 Å². The molecule has 0 atom stereocenters. The lowest BCUT2D eigenvalue weighted by Crippen LogP contribution is -2.13. The van der Waals surface area contributed by atoms with Crippen LogP contribution in [0.15, 0.2) is 227 Å². The molecular formula is C56H36N2O2. The number of furan rings is 2. The van der Waals surface area contributed by atoms with E-state index in [2.05, 4.69) is 204 Å². The van der Waals surface area contributed by atoms with Gasteiger partial charge in [0.05, 0.1) is 11.1 Å². The van der Waals surface area contributed by atoms with Gasteiger partial charge in [0.25, 0.3) is 0 Å². The molecule has 0 unspecified atom stereocenters. The number of hydrogen-bond acceptors (Lipinski definition) is 4. The number of nitrogens with zero attached hydrogens (tertiary/aromatic N) is 2. The predicted octanol–water partition coefficient (Wildman–Crippen LogP) is 16.4. The van der Waals surface area contributed by atoms with Crippen LogP contribution in [0, 0.1) is 0 Å². The van der Waals surface area contributed by atoms with Crippen LogP contribution in [0.4, 0.5) is 34.1 Å². The zero-order valence-corrected chi connectivity index (χ0v) is 32.5. The van der Waals surface area contributed by atoms with Crippen molar-refractivity contribution in [3.8, 4) is 11.1 Å². The molecule has 60 heavy (non-hydrogen) atoms. The smallest absolute Gasteiger partial charge is 0.137 e. The Labute approximate surface area is 346 Å². The molecule has 12 aromatic rings. The number of para-hydroxylation sites is 3. The van der Waals surface area contributed by atoms with Crippen LogP contribution in [0.5, 0.6) is 0 Å². The summed E-state index contributed by atoms with van der Waals surface area (Å²) in [6.45, 7) is 0. The third-order valence-corrected chi connectivity index (χ3v) is 11.8. The Morgan fingerprint density at radius 2 is 0.817 bits per heavy atom. The Bertz CT molecular complexity index is 3570. The first-order valence-corrected chi connectivity index (χ1v) is 20.3. The molecular weight excluding hydrogens is 733 g/mol. The number of fused-ring (bicyclic) bond motifs is 9. The van der Waals surface area contributed by atoms with Crippen molar-refractivity contribution < 1.29 is 8.83 Å². The quantitative estimate of drug-likeness (QED) is 0.151. The molecule has 0 fully saturated rings. The molecule has 0 aliphatic heterocycles. The second kappa shape index (κ2) is 13.8. The van der Waals surface area contributed by atoms with Gasteiger partial charge in [-0.25, -0.2) is 0 Å². The van der Waals surface area contributed by atoms with E-state index in [0.717, 1.165) is 89.0 Å². The van der Waals surface area contributed by atoms with E-state index < -0.39 is 0 Å². The fraction of sp³-hybridized carbons (Fsp3) is 0. The highest BCUT2D eigenvalue weighted by atomic mass is 16.3. The van der Waals surface area contributed by atoms with E-state index in [1.54, 1.807) is 0 Å².